The molecule has 9 nitrogen and oxygen atoms in total. The third-order valence-electron chi connectivity index (χ3n) is 3.37. The summed E-state index contributed by atoms with van der Waals surface area (Å²) in [5, 5.41) is 22.5. The van der Waals surface area contributed by atoms with Gasteiger partial charge in [0, 0.05) is 12.5 Å². The van der Waals surface area contributed by atoms with E-state index < -0.39 is 0 Å². The van der Waals surface area contributed by atoms with Gasteiger partial charge in [-0.25, -0.2) is 9.97 Å². The molecule has 0 fully saturated rings. The van der Waals surface area contributed by atoms with Crippen molar-refractivity contribution in [2.45, 2.75) is 39.2 Å². The standard InChI is InChI=1S/C13H19N9/c1-7(9-18-20-21-19-9)15-10-8-6-14-22(5)11(8)17-12(16-10)13(2,3)4/h6-7H,1-5H3,(H,15,16,17)(H,18,19,20,21). The van der Waals surface area contributed by atoms with E-state index in [4.69, 9.17) is 0 Å². The van der Waals surface area contributed by atoms with Crippen molar-refractivity contribution in [3.8, 4) is 0 Å². The molecule has 0 amide bonds. The molecule has 0 aliphatic rings. The first-order chi connectivity index (χ1) is 10.4. The highest BCUT2D eigenvalue weighted by Crippen LogP contribution is 2.27. The average molecular weight is 301 g/mol. The second-order valence-corrected chi connectivity index (χ2v) is 6.29. The lowest BCUT2D eigenvalue weighted by Gasteiger charge is -2.19. The van der Waals surface area contributed by atoms with Crippen LogP contribution in [0.15, 0.2) is 6.20 Å². The number of fused-ring (bicyclic) bond motifs is 1. The van der Waals surface area contributed by atoms with Crippen molar-refractivity contribution in [3.63, 3.8) is 0 Å². The molecule has 0 bridgehead atoms. The number of tetrazole rings is 1. The van der Waals surface area contributed by atoms with E-state index in [1.54, 1.807) is 10.9 Å². The zero-order valence-electron chi connectivity index (χ0n) is 13.3. The maximum atomic E-state index is 4.67. The van der Waals surface area contributed by atoms with Crippen molar-refractivity contribution >= 4 is 16.9 Å². The van der Waals surface area contributed by atoms with Crippen molar-refractivity contribution in [1.82, 2.24) is 40.4 Å². The maximum absolute atomic E-state index is 4.67. The van der Waals surface area contributed by atoms with Gasteiger partial charge in [-0.15, -0.1) is 10.2 Å². The molecule has 0 aromatic carbocycles. The average Bonchev–Trinajstić information content (AvgIpc) is 3.08. The molecule has 116 valence electrons. The van der Waals surface area contributed by atoms with E-state index in [2.05, 4.69) is 61.8 Å². The summed E-state index contributed by atoms with van der Waals surface area (Å²) in [7, 11) is 1.87. The van der Waals surface area contributed by atoms with Gasteiger partial charge in [-0.1, -0.05) is 26.0 Å². The van der Waals surface area contributed by atoms with E-state index in [0.29, 0.717) is 5.82 Å². The molecule has 9 heteroatoms. The van der Waals surface area contributed by atoms with Crippen LogP contribution in [0.1, 0.15) is 45.4 Å². The molecular weight excluding hydrogens is 282 g/mol. The summed E-state index contributed by atoms with van der Waals surface area (Å²) in [4.78, 5) is 9.31. The molecule has 0 aliphatic carbocycles. The van der Waals surface area contributed by atoms with Crippen LogP contribution in [-0.2, 0) is 12.5 Å². The Morgan fingerprint density at radius 1 is 1.27 bits per heavy atom. The number of aryl methyl sites for hydroxylation is 1. The Hall–Kier alpha value is -2.58. The second-order valence-electron chi connectivity index (χ2n) is 6.29. The predicted octanol–water partition coefficient (Wildman–Crippen LogP) is 1.35. The number of aromatic amines is 1. The fourth-order valence-electron chi connectivity index (χ4n) is 2.09. The first kappa shape index (κ1) is 14.4. The van der Waals surface area contributed by atoms with E-state index in [9.17, 15) is 0 Å². The summed E-state index contributed by atoms with van der Waals surface area (Å²) in [5.41, 5.74) is 0.632. The Bertz CT molecular complexity index is 782. The van der Waals surface area contributed by atoms with E-state index in [1.807, 2.05) is 14.0 Å². The Morgan fingerprint density at radius 2 is 2.05 bits per heavy atom. The number of nitrogens with one attached hydrogen (secondary N) is 2. The molecule has 0 spiro atoms. The van der Waals surface area contributed by atoms with Gasteiger partial charge in [0.25, 0.3) is 0 Å². The largest absolute Gasteiger partial charge is 0.359 e. The van der Waals surface area contributed by atoms with Gasteiger partial charge in [-0.3, -0.25) is 4.68 Å². The molecule has 1 atom stereocenters. The number of hydrogen-bond donors (Lipinski definition) is 2. The second kappa shape index (κ2) is 5.00. The first-order valence-corrected chi connectivity index (χ1v) is 7.06. The smallest absolute Gasteiger partial charge is 0.196 e. The SMILES string of the molecule is CC(Nc1nc(C(C)(C)C)nc2c1cnn2C)c1nn[nH]n1. The Labute approximate surface area is 127 Å². The number of nitrogens with zero attached hydrogens (tertiary/aromatic N) is 7. The van der Waals surface area contributed by atoms with Gasteiger partial charge in [0.1, 0.15) is 11.6 Å². The zero-order valence-corrected chi connectivity index (χ0v) is 13.3. The fraction of sp³-hybridized carbons (Fsp3) is 0.538. The van der Waals surface area contributed by atoms with Gasteiger partial charge >= 0.3 is 0 Å². The van der Waals surface area contributed by atoms with Gasteiger partial charge < -0.3 is 5.32 Å². The number of H-pyrrole nitrogens is 1. The summed E-state index contributed by atoms with van der Waals surface area (Å²) in [5.74, 6) is 2.06. The highest BCUT2D eigenvalue weighted by molar-refractivity contribution is 5.86. The number of hydrogen-bond acceptors (Lipinski definition) is 7. The molecule has 0 saturated carbocycles. The van der Waals surface area contributed by atoms with Crippen LogP contribution in [0, 0.1) is 0 Å². The third kappa shape index (κ3) is 2.49. The van der Waals surface area contributed by atoms with Crippen LogP contribution in [0.5, 0.6) is 0 Å². The van der Waals surface area contributed by atoms with Crippen molar-refractivity contribution in [3.05, 3.63) is 17.8 Å². The quantitative estimate of drug-likeness (QED) is 0.751. The van der Waals surface area contributed by atoms with Gasteiger partial charge in [0.15, 0.2) is 11.5 Å². The van der Waals surface area contributed by atoms with Crippen LogP contribution in [-0.4, -0.2) is 40.4 Å². The lowest BCUT2D eigenvalue weighted by atomic mass is 9.95. The Balaban J connectivity index is 2.07. The molecule has 1 unspecified atom stereocenters. The van der Waals surface area contributed by atoms with Crippen LogP contribution < -0.4 is 5.32 Å². The summed E-state index contributed by atoms with van der Waals surface area (Å²) < 4.78 is 1.75. The normalized spacial score (nSPS) is 13.5. The Kier molecular flexibility index (Phi) is 3.27. The molecule has 3 heterocycles. The lowest BCUT2D eigenvalue weighted by Crippen LogP contribution is -2.19. The zero-order chi connectivity index (χ0) is 15.9. The molecule has 0 radical (unpaired) electrons. The van der Waals surface area contributed by atoms with E-state index in [1.165, 1.54) is 0 Å². The molecule has 3 aromatic heterocycles. The number of rotatable bonds is 3. The molecule has 22 heavy (non-hydrogen) atoms. The van der Waals surface area contributed by atoms with Gasteiger partial charge in [0.05, 0.1) is 17.6 Å². The molecule has 3 rings (SSSR count). The summed E-state index contributed by atoms with van der Waals surface area (Å²) in [6, 6.07) is -0.134. The monoisotopic (exact) mass is 301 g/mol. The van der Waals surface area contributed by atoms with Crippen LogP contribution in [0.3, 0.4) is 0 Å². The molecule has 2 N–H and O–H groups in total. The van der Waals surface area contributed by atoms with Crippen LogP contribution in [0.25, 0.3) is 11.0 Å². The molecule has 0 saturated heterocycles. The van der Waals surface area contributed by atoms with Crippen molar-refractivity contribution in [2.75, 3.05) is 5.32 Å². The maximum Gasteiger partial charge on any atom is 0.196 e. The first-order valence-electron chi connectivity index (χ1n) is 7.06. The highest BCUT2D eigenvalue weighted by atomic mass is 15.5. The van der Waals surface area contributed by atoms with Crippen LogP contribution >= 0.6 is 0 Å². The molecule has 0 aliphatic heterocycles. The summed E-state index contributed by atoms with van der Waals surface area (Å²) >= 11 is 0. The third-order valence-corrected chi connectivity index (χ3v) is 3.37. The molecule has 3 aromatic rings. The number of aromatic nitrogens is 8. The summed E-state index contributed by atoms with van der Waals surface area (Å²) in [6.07, 6.45) is 1.76. The van der Waals surface area contributed by atoms with E-state index in [-0.39, 0.29) is 11.5 Å². The van der Waals surface area contributed by atoms with Gasteiger partial charge in [-0.05, 0) is 6.92 Å². The minimum atomic E-state index is -0.162. The van der Waals surface area contributed by atoms with Crippen molar-refractivity contribution in [1.29, 1.82) is 0 Å². The van der Waals surface area contributed by atoms with Crippen molar-refractivity contribution in [2.24, 2.45) is 7.05 Å². The Morgan fingerprint density at radius 3 is 2.68 bits per heavy atom. The fourth-order valence-corrected chi connectivity index (χ4v) is 2.09. The lowest BCUT2D eigenvalue weighted by molar-refractivity contribution is 0.546. The predicted molar refractivity (Wildman–Crippen MR) is 81.2 cm³/mol. The van der Waals surface area contributed by atoms with E-state index in [0.717, 1.165) is 22.7 Å². The van der Waals surface area contributed by atoms with Gasteiger partial charge in [0.2, 0.25) is 0 Å². The van der Waals surface area contributed by atoms with Crippen molar-refractivity contribution < 1.29 is 0 Å². The van der Waals surface area contributed by atoms with Gasteiger partial charge in [-0.2, -0.15) is 10.3 Å². The minimum Gasteiger partial charge on any atom is -0.359 e. The summed E-state index contributed by atoms with van der Waals surface area (Å²) in [6.45, 7) is 8.19. The van der Waals surface area contributed by atoms with Crippen LogP contribution in [0.2, 0.25) is 0 Å². The van der Waals surface area contributed by atoms with Crippen LogP contribution in [0.4, 0.5) is 5.82 Å². The van der Waals surface area contributed by atoms with E-state index >= 15 is 0 Å². The molecular formula is C13H19N9. The highest BCUT2D eigenvalue weighted by Gasteiger charge is 2.22. The number of anilines is 1. The topological polar surface area (TPSA) is 110 Å². The minimum absolute atomic E-state index is 0.134.